The largest absolute Gasteiger partial charge is 0.370 e. The molecule has 1 amide bonds. The van der Waals surface area contributed by atoms with Crippen LogP contribution in [0, 0.1) is 13.8 Å². The van der Waals surface area contributed by atoms with Crippen LogP contribution in [0.15, 0.2) is 0 Å². The Morgan fingerprint density at radius 3 is 2.14 bits per heavy atom. The smallest absolute Gasteiger partial charge is 0.224 e. The topological polar surface area (TPSA) is 70.1 Å². The third-order valence-electron chi connectivity index (χ3n) is 3.35. The normalized spacial score (nSPS) is 10.3. The van der Waals surface area contributed by atoms with Crippen LogP contribution in [-0.4, -0.2) is 47.0 Å². The van der Waals surface area contributed by atoms with Crippen molar-refractivity contribution in [2.75, 3.05) is 36.8 Å². The zero-order valence-corrected chi connectivity index (χ0v) is 13.8. The van der Waals surface area contributed by atoms with Crippen LogP contribution in [0.2, 0.25) is 0 Å². The van der Waals surface area contributed by atoms with Gasteiger partial charge in [0.2, 0.25) is 5.91 Å². The van der Waals surface area contributed by atoms with E-state index < -0.39 is 0 Å². The molecule has 0 aliphatic rings. The van der Waals surface area contributed by atoms with Gasteiger partial charge in [0.1, 0.15) is 17.5 Å². The Bertz CT molecular complexity index is 471. The van der Waals surface area contributed by atoms with Crippen molar-refractivity contribution in [3.8, 4) is 0 Å². The lowest BCUT2D eigenvalue weighted by Crippen LogP contribution is -2.31. The molecule has 118 valence electrons. The van der Waals surface area contributed by atoms with Gasteiger partial charge in [-0.05, 0) is 34.6 Å². The molecule has 0 saturated carbocycles. The van der Waals surface area contributed by atoms with Crippen molar-refractivity contribution >= 4 is 17.5 Å². The number of nitrogens with one attached hydrogen (secondary N) is 2. The molecule has 6 nitrogen and oxygen atoms in total. The first-order chi connectivity index (χ1) is 10.0. The number of nitrogens with zero attached hydrogens (tertiary/aromatic N) is 3. The van der Waals surface area contributed by atoms with Crippen LogP contribution in [0.5, 0.6) is 0 Å². The molecule has 0 fully saturated rings. The van der Waals surface area contributed by atoms with Gasteiger partial charge in [-0.3, -0.25) is 4.79 Å². The van der Waals surface area contributed by atoms with Gasteiger partial charge in [-0.15, -0.1) is 0 Å². The molecule has 21 heavy (non-hydrogen) atoms. The number of carbonyl (C=O) groups excluding carboxylic acids is 1. The van der Waals surface area contributed by atoms with Crippen molar-refractivity contribution in [2.45, 2.75) is 41.0 Å². The minimum Gasteiger partial charge on any atom is -0.370 e. The van der Waals surface area contributed by atoms with Gasteiger partial charge in [-0.1, -0.05) is 0 Å². The van der Waals surface area contributed by atoms with Crippen LogP contribution >= 0.6 is 0 Å². The number of hydrogen-bond acceptors (Lipinski definition) is 5. The summed E-state index contributed by atoms with van der Waals surface area (Å²) in [6.07, 6.45) is 0.473. The minimum absolute atomic E-state index is 0.169. The van der Waals surface area contributed by atoms with E-state index in [1.165, 1.54) is 0 Å². The van der Waals surface area contributed by atoms with E-state index in [9.17, 15) is 4.79 Å². The summed E-state index contributed by atoms with van der Waals surface area (Å²) in [5.74, 6) is 2.53. The first kappa shape index (κ1) is 17.2. The number of carbonyl (C=O) groups is 1. The van der Waals surface area contributed by atoms with Crippen molar-refractivity contribution in [1.29, 1.82) is 0 Å². The Hall–Kier alpha value is -1.85. The predicted molar refractivity (Wildman–Crippen MR) is 86.7 cm³/mol. The molecule has 1 aromatic heterocycles. The number of hydrogen-bond donors (Lipinski definition) is 2. The Balaban J connectivity index is 2.65. The second kappa shape index (κ2) is 8.44. The standard InChI is InChI=1S/C15H27N5O/c1-6-16-14-11(4)15(19-12(5)18-14)17-10-9-13(21)20(7-2)8-3/h6-10H2,1-5H3,(H2,16,17,18,19). The molecule has 0 aromatic carbocycles. The number of rotatable bonds is 8. The van der Waals surface area contributed by atoms with Gasteiger partial charge in [0.15, 0.2) is 0 Å². The zero-order chi connectivity index (χ0) is 15.8. The van der Waals surface area contributed by atoms with Gasteiger partial charge in [0.05, 0.1) is 0 Å². The lowest BCUT2D eigenvalue weighted by atomic mass is 10.3. The summed E-state index contributed by atoms with van der Waals surface area (Å²) in [4.78, 5) is 22.6. The molecule has 1 aromatic rings. The molecule has 0 aliphatic carbocycles. The molecule has 1 rings (SSSR count). The average Bonchev–Trinajstić information content (AvgIpc) is 2.45. The molecular weight excluding hydrogens is 266 g/mol. The SMILES string of the molecule is CCNc1nc(C)nc(NCCC(=O)N(CC)CC)c1C. The molecule has 0 radical (unpaired) electrons. The Morgan fingerprint density at radius 2 is 1.62 bits per heavy atom. The molecule has 0 aliphatic heterocycles. The molecule has 0 spiro atoms. The summed E-state index contributed by atoms with van der Waals surface area (Å²) < 4.78 is 0. The highest BCUT2D eigenvalue weighted by molar-refractivity contribution is 5.76. The summed E-state index contributed by atoms with van der Waals surface area (Å²) >= 11 is 0. The highest BCUT2D eigenvalue weighted by Gasteiger charge is 2.11. The summed E-state index contributed by atoms with van der Waals surface area (Å²) in [5, 5.41) is 6.47. The van der Waals surface area contributed by atoms with E-state index in [0.29, 0.717) is 18.8 Å². The fraction of sp³-hybridized carbons (Fsp3) is 0.667. The summed E-state index contributed by atoms with van der Waals surface area (Å²) in [6.45, 7) is 12.8. The zero-order valence-electron chi connectivity index (χ0n) is 13.8. The van der Waals surface area contributed by atoms with Crippen molar-refractivity contribution in [1.82, 2.24) is 14.9 Å². The van der Waals surface area contributed by atoms with E-state index in [1.54, 1.807) is 0 Å². The Kier molecular flexibility index (Phi) is 6.91. The van der Waals surface area contributed by atoms with E-state index in [2.05, 4.69) is 20.6 Å². The molecule has 2 N–H and O–H groups in total. The average molecular weight is 293 g/mol. The van der Waals surface area contributed by atoms with E-state index in [-0.39, 0.29) is 5.91 Å². The van der Waals surface area contributed by atoms with Gasteiger partial charge < -0.3 is 15.5 Å². The lowest BCUT2D eigenvalue weighted by molar-refractivity contribution is -0.130. The molecule has 0 atom stereocenters. The second-order valence-electron chi connectivity index (χ2n) is 4.87. The van der Waals surface area contributed by atoms with Crippen LogP contribution in [0.25, 0.3) is 0 Å². The highest BCUT2D eigenvalue weighted by Crippen LogP contribution is 2.19. The summed E-state index contributed by atoms with van der Waals surface area (Å²) in [6, 6.07) is 0. The Morgan fingerprint density at radius 1 is 1.05 bits per heavy atom. The van der Waals surface area contributed by atoms with Crippen LogP contribution in [0.3, 0.4) is 0 Å². The number of aryl methyl sites for hydroxylation is 1. The minimum atomic E-state index is 0.169. The maximum atomic E-state index is 12.0. The first-order valence-electron chi connectivity index (χ1n) is 7.64. The summed E-state index contributed by atoms with van der Waals surface area (Å²) in [5.41, 5.74) is 0.984. The van der Waals surface area contributed by atoms with E-state index in [4.69, 9.17) is 0 Å². The first-order valence-corrected chi connectivity index (χ1v) is 7.64. The van der Waals surface area contributed by atoms with Crippen LogP contribution in [0.4, 0.5) is 11.6 Å². The van der Waals surface area contributed by atoms with E-state index >= 15 is 0 Å². The molecular formula is C15H27N5O. The molecule has 0 saturated heterocycles. The number of aromatic nitrogens is 2. The van der Waals surface area contributed by atoms with Crippen LogP contribution in [-0.2, 0) is 4.79 Å². The van der Waals surface area contributed by atoms with E-state index in [1.807, 2.05) is 39.5 Å². The number of anilines is 2. The lowest BCUT2D eigenvalue weighted by Gasteiger charge is -2.19. The maximum Gasteiger partial charge on any atom is 0.224 e. The van der Waals surface area contributed by atoms with Crippen molar-refractivity contribution in [2.24, 2.45) is 0 Å². The molecule has 0 unspecified atom stereocenters. The van der Waals surface area contributed by atoms with Crippen molar-refractivity contribution < 1.29 is 4.79 Å². The number of amides is 1. The van der Waals surface area contributed by atoms with Crippen molar-refractivity contribution in [3.05, 3.63) is 11.4 Å². The monoisotopic (exact) mass is 293 g/mol. The van der Waals surface area contributed by atoms with Gasteiger partial charge in [-0.2, -0.15) is 0 Å². The van der Waals surface area contributed by atoms with E-state index in [0.717, 1.165) is 36.8 Å². The fourth-order valence-electron chi connectivity index (χ4n) is 2.16. The van der Waals surface area contributed by atoms with Gasteiger partial charge in [0, 0.05) is 38.2 Å². The third kappa shape index (κ3) is 4.88. The van der Waals surface area contributed by atoms with Gasteiger partial charge >= 0.3 is 0 Å². The van der Waals surface area contributed by atoms with Crippen molar-refractivity contribution in [3.63, 3.8) is 0 Å². The second-order valence-corrected chi connectivity index (χ2v) is 4.87. The quantitative estimate of drug-likeness (QED) is 0.769. The Labute approximate surface area is 127 Å². The van der Waals surface area contributed by atoms with Gasteiger partial charge in [0.25, 0.3) is 0 Å². The molecule has 0 bridgehead atoms. The maximum absolute atomic E-state index is 12.0. The highest BCUT2D eigenvalue weighted by atomic mass is 16.2. The fourth-order valence-corrected chi connectivity index (χ4v) is 2.16. The third-order valence-corrected chi connectivity index (χ3v) is 3.35. The van der Waals surface area contributed by atoms with Crippen LogP contribution < -0.4 is 10.6 Å². The van der Waals surface area contributed by atoms with Crippen LogP contribution in [0.1, 0.15) is 38.6 Å². The van der Waals surface area contributed by atoms with Gasteiger partial charge in [-0.25, -0.2) is 9.97 Å². The molecule has 6 heteroatoms. The predicted octanol–water partition coefficient (Wildman–Crippen LogP) is 2.20. The molecule has 1 heterocycles. The summed E-state index contributed by atoms with van der Waals surface area (Å²) in [7, 11) is 0.